The normalized spacial score (nSPS) is 21.6. The van der Waals surface area contributed by atoms with Gasteiger partial charge in [0.1, 0.15) is 6.10 Å². The molecule has 2 saturated heterocycles. The van der Waals surface area contributed by atoms with Gasteiger partial charge in [0.05, 0.1) is 6.10 Å². The van der Waals surface area contributed by atoms with Crippen LogP contribution in [0.15, 0.2) is 60.7 Å². The molecular formula is C29H36N2O3. The second kappa shape index (κ2) is 10.4. The van der Waals surface area contributed by atoms with Crippen LogP contribution in [0.1, 0.15) is 68.6 Å². The minimum atomic E-state index is -0.0644. The molecule has 2 aromatic carbocycles. The molecule has 2 heterocycles. The number of hydrogen-bond acceptors (Lipinski definition) is 4. The highest BCUT2D eigenvalue weighted by Gasteiger charge is 2.45. The van der Waals surface area contributed by atoms with E-state index >= 15 is 0 Å². The molecule has 0 bridgehead atoms. The highest BCUT2D eigenvalue weighted by atomic mass is 16.5. The quantitative estimate of drug-likeness (QED) is 0.548. The molecule has 1 saturated carbocycles. The van der Waals surface area contributed by atoms with Gasteiger partial charge in [-0.2, -0.15) is 0 Å². The average molecular weight is 461 g/mol. The summed E-state index contributed by atoms with van der Waals surface area (Å²) in [6.07, 6.45) is 7.58. The average Bonchev–Trinajstić information content (AvgIpc) is 3.31. The van der Waals surface area contributed by atoms with Gasteiger partial charge >= 0.3 is 0 Å². The number of benzene rings is 2. The largest absolute Gasteiger partial charge is 0.365 e. The maximum Gasteiger partial charge on any atom is 0.229 e. The number of carbonyl (C=O) groups excluding carboxylic acids is 2. The van der Waals surface area contributed by atoms with Gasteiger partial charge in [-0.25, -0.2) is 0 Å². The fourth-order valence-corrected chi connectivity index (χ4v) is 6.07. The Morgan fingerprint density at radius 1 is 0.794 bits per heavy atom. The molecule has 0 atom stereocenters. The summed E-state index contributed by atoms with van der Waals surface area (Å²) < 4.78 is 6.65. The molecule has 180 valence electrons. The van der Waals surface area contributed by atoms with Crippen LogP contribution in [-0.4, -0.2) is 53.9 Å². The fourth-order valence-electron chi connectivity index (χ4n) is 6.07. The van der Waals surface area contributed by atoms with Crippen molar-refractivity contribution in [2.75, 3.05) is 26.2 Å². The van der Waals surface area contributed by atoms with Crippen molar-refractivity contribution in [1.29, 1.82) is 0 Å². The molecule has 0 unspecified atom stereocenters. The van der Waals surface area contributed by atoms with Gasteiger partial charge in [0, 0.05) is 39.0 Å². The van der Waals surface area contributed by atoms with Crippen molar-refractivity contribution in [2.45, 2.75) is 63.6 Å². The molecule has 0 N–H and O–H groups in total. The molecule has 1 spiro atoms. The van der Waals surface area contributed by atoms with Gasteiger partial charge in [0.2, 0.25) is 11.8 Å². The third-order valence-electron chi connectivity index (χ3n) is 8.03. The molecule has 0 aromatic heterocycles. The maximum absolute atomic E-state index is 12.7. The predicted molar refractivity (Wildman–Crippen MR) is 132 cm³/mol. The first-order valence-corrected chi connectivity index (χ1v) is 12.9. The Bertz CT molecular complexity index is 904. The van der Waals surface area contributed by atoms with Crippen LogP contribution in [0, 0.1) is 5.41 Å². The predicted octanol–water partition coefficient (Wildman–Crippen LogP) is 4.97. The Balaban J connectivity index is 1.13. The zero-order valence-corrected chi connectivity index (χ0v) is 20.0. The smallest absolute Gasteiger partial charge is 0.229 e. The summed E-state index contributed by atoms with van der Waals surface area (Å²) in [5, 5.41) is 0. The second-order valence-electron chi connectivity index (χ2n) is 10.4. The lowest BCUT2D eigenvalue weighted by Gasteiger charge is -2.39. The van der Waals surface area contributed by atoms with E-state index in [-0.39, 0.29) is 29.4 Å². The summed E-state index contributed by atoms with van der Waals surface area (Å²) in [5.74, 6) is 0.0925. The lowest BCUT2D eigenvalue weighted by Crippen LogP contribution is -2.50. The van der Waals surface area contributed by atoms with Gasteiger partial charge in [-0.05, 0) is 42.2 Å². The Kier molecular flexibility index (Phi) is 7.12. The van der Waals surface area contributed by atoms with Crippen LogP contribution < -0.4 is 0 Å². The van der Waals surface area contributed by atoms with E-state index in [9.17, 15) is 9.59 Å². The van der Waals surface area contributed by atoms with Gasteiger partial charge in [-0.3, -0.25) is 14.5 Å². The van der Waals surface area contributed by atoms with E-state index in [1.807, 2.05) is 12.1 Å². The molecule has 3 aliphatic rings. The highest BCUT2D eigenvalue weighted by molar-refractivity contribution is 5.98. The standard InChI is InChI=1S/C29H36N2O3/c32-26-21-29(15-7-8-16-29)22-27(33)31(26)20-19-30-17-13-25(14-18-30)34-28(23-9-3-1-4-10-23)24-11-5-2-6-12-24/h1-6,9-12,25,28H,7-8,13-22H2. The summed E-state index contributed by atoms with van der Waals surface area (Å²) in [6.45, 7) is 3.15. The molecule has 5 heteroatoms. The van der Waals surface area contributed by atoms with Crippen molar-refractivity contribution in [1.82, 2.24) is 9.80 Å². The van der Waals surface area contributed by atoms with Gasteiger partial charge in [0.15, 0.2) is 0 Å². The van der Waals surface area contributed by atoms with Crippen molar-refractivity contribution in [3.05, 3.63) is 71.8 Å². The summed E-state index contributed by atoms with van der Waals surface area (Å²) in [7, 11) is 0. The summed E-state index contributed by atoms with van der Waals surface area (Å²) in [4.78, 5) is 29.4. The van der Waals surface area contributed by atoms with Crippen LogP contribution in [0.5, 0.6) is 0 Å². The van der Waals surface area contributed by atoms with E-state index in [0.717, 1.165) is 58.2 Å². The highest BCUT2D eigenvalue weighted by Crippen LogP contribution is 2.46. The molecule has 1 aliphatic carbocycles. The van der Waals surface area contributed by atoms with Gasteiger partial charge < -0.3 is 9.64 Å². The first-order chi connectivity index (χ1) is 16.6. The van der Waals surface area contributed by atoms with Gasteiger partial charge in [-0.1, -0.05) is 73.5 Å². The van der Waals surface area contributed by atoms with E-state index in [4.69, 9.17) is 4.74 Å². The van der Waals surface area contributed by atoms with Crippen LogP contribution in [0.25, 0.3) is 0 Å². The van der Waals surface area contributed by atoms with Crippen LogP contribution in [-0.2, 0) is 14.3 Å². The first kappa shape index (κ1) is 23.3. The molecule has 3 fully saturated rings. The second-order valence-corrected chi connectivity index (χ2v) is 10.4. The van der Waals surface area contributed by atoms with Crippen molar-refractivity contribution < 1.29 is 14.3 Å². The Labute approximate surface area is 203 Å². The number of ether oxygens (including phenoxy) is 1. The molecule has 34 heavy (non-hydrogen) atoms. The number of piperidine rings is 2. The van der Waals surface area contributed by atoms with Crippen molar-refractivity contribution in [2.24, 2.45) is 5.41 Å². The van der Waals surface area contributed by atoms with E-state index in [2.05, 4.69) is 53.4 Å². The number of hydrogen-bond donors (Lipinski definition) is 0. The number of rotatable bonds is 7. The zero-order valence-electron chi connectivity index (χ0n) is 20.0. The van der Waals surface area contributed by atoms with Crippen LogP contribution in [0.2, 0.25) is 0 Å². The summed E-state index contributed by atoms with van der Waals surface area (Å²) >= 11 is 0. The zero-order chi connectivity index (χ0) is 23.4. The topological polar surface area (TPSA) is 49.9 Å². The Morgan fingerprint density at radius 3 is 1.85 bits per heavy atom. The molecule has 0 radical (unpaired) electrons. The number of nitrogens with zero attached hydrogens (tertiary/aromatic N) is 2. The SMILES string of the molecule is O=C1CC2(CCCC2)CC(=O)N1CCN1CCC(OC(c2ccccc2)c2ccccc2)CC1. The van der Waals surface area contributed by atoms with Crippen LogP contribution >= 0.6 is 0 Å². The molecule has 5 rings (SSSR count). The third-order valence-corrected chi connectivity index (χ3v) is 8.03. The van der Waals surface area contributed by atoms with Crippen molar-refractivity contribution in [3.8, 4) is 0 Å². The number of carbonyl (C=O) groups is 2. The molecule has 2 aromatic rings. The fraction of sp³-hybridized carbons (Fsp3) is 0.517. The van der Waals surface area contributed by atoms with E-state index in [1.165, 1.54) is 16.0 Å². The van der Waals surface area contributed by atoms with Gasteiger partial charge in [0.25, 0.3) is 0 Å². The maximum atomic E-state index is 12.7. The van der Waals surface area contributed by atoms with E-state index < -0.39 is 0 Å². The van der Waals surface area contributed by atoms with Crippen molar-refractivity contribution >= 4 is 11.8 Å². The lowest BCUT2D eigenvalue weighted by molar-refractivity contribution is -0.153. The summed E-state index contributed by atoms with van der Waals surface area (Å²) in [5.41, 5.74) is 2.34. The van der Waals surface area contributed by atoms with E-state index in [0.29, 0.717) is 19.4 Å². The first-order valence-electron chi connectivity index (χ1n) is 12.9. The monoisotopic (exact) mass is 460 g/mol. The minimum absolute atomic E-state index is 0.0194. The molecular weight excluding hydrogens is 424 g/mol. The Hall–Kier alpha value is -2.50. The number of imide groups is 1. The molecule has 2 amide bonds. The Morgan fingerprint density at radius 2 is 1.32 bits per heavy atom. The van der Waals surface area contributed by atoms with E-state index in [1.54, 1.807) is 0 Å². The lowest BCUT2D eigenvalue weighted by atomic mass is 9.76. The number of likely N-dealkylation sites (tertiary alicyclic amines) is 2. The van der Waals surface area contributed by atoms with Gasteiger partial charge in [-0.15, -0.1) is 0 Å². The molecule has 2 aliphatic heterocycles. The number of amides is 2. The minimum Gasteiger partial charge on any atom is -0.365 e. The summed E-state index contributed by atoms with van der Waals surface area (Å²) in [6, 6.07) is 20.9. The van der Waals surface area contributed by atoms with Crippen LogP contribution in [0.3, 0.4) is 0 Å². The van der Waals surface area contributed by atoms with Crippen molar-refractivity contribution in [3.63, 3.8) is 0 Å². The third kappa shape index (κ3) is 5.26. The van der Waals surface area contributed by atoms with Crippen LogP contribution in [0.4, 0.5) is 0 Å². The molecule has 5 nitrogen and oxygen atoms in total.